The van der Waals surface area contributed by atoms with E-state index in [1.165, 1.54) is 5.56 Å². The number of benzene rings is 1. The minimum atomic E-state index is 0.449. The number of hydrogen-bond donors (Lipinski definition) is 1. The lowest BCUT2D eigenvalue weighted by molar-refractivity contribution is 0.435. The Bertz CT molecular complexity index is 462. The van der Waals surface area contributed by atoms with Crippen LogP contribution in [0.5, 0.6) is 0 Å². The first kappa shape index (κ1) is 10.5. The molecule has 1 aromatic heterocycles. The molecular formula is C11H11IN2O. The zero-order valence-corrected chi connectivity index (χ0v) is 10.5. The molecule has 78 valence electrons. The van der Waals surface area contributed by atoms with Crippen LogP contribution in [0.15, 0.2) is 28.8 Å². The van der Waals surface area contributed by atoms with Gasteiger partial charge in [-0.05, 0) is 34.6 Å². The summed E-state index contributed by atoms with van der Waals surface area (Å²) in [6, 6.07) is 8.23. The minimum Gasteiger partial charge on any atom is -0.380 e. The third-order valence-corrected chi connectivity index (χ3v) is 3.33. The van der Waals surface area contributed by atoms with Crippen molar-refractivity contribution >= 4 is 28.4 Å². The molecule has 0 fully saturated rings. The summed E-state index contributed by atoms with van der Waals surface area (Å²) < 4.78 is 6.04. The smallest absolute Gasteiger partial charge is 0.182 e. The predicted octanol–water partition coefficient (Wildman–Crippen LogP) is 3.09. The Morgan fingerprint density at radius 3 is 2.47 bits per heavy atom. The van der Waals surface area contributed by atoms with Crippen LogP contribution in [-0.2, 0) is 6.42 Å². The average molecular weight is 314 g/mol. The third kappa shape index (κ3) is 1.99. The maximum Gasteiger partial charge on any atom is 0.182 e. The number of halogens is 1. The van der Waals surface area contributed by atoms with Crippen LogP contribution in [0.4, 0.5) is 5.82 Å². The molecule has 0 saturated heterocycles. The summed E-state index contributed by atoms with van der Waals surface area (Å²) in [5.74, 6) is 1.20. The van der Waals surface area contributed by atoms with Gasteiger partial charge in [-0.2, -0.15) is 0 Å². The first-order chi connectivity index (χ1) is 7.22. The summed E-state index contributed by atoms with van der Waals surface area (Å²) in [4.78, 5) is 0. The number of nitrogen functional groups attached to an aromatic ring is 1. The number of rotatable bonds is 2. The molecule has 0 amide bonds. The molecule has 0 aliphatic heterocycles. The van der Waals surface area contributed by atoms with E-state index in [0.717, 1.165) is 21.3 Å². The predicted molar refractivity (Wildman–Crippen MR) is 68.4 cm³/mol. The topological polar surface area (TPSA) is 52.0 Å². The number of aromatic nitrogens is 1. The van der Waals surface area contributed by atoms with Gasteiger partial charge in [-0.3, -0.25) is 0 Å². The van der Waals surface area contributed by atoms with Crippen molar-refractivity contribution in [1.82, 2.24) is 5.16 Å². The Morgan fingerprint density at radius 1 is 1.33 bits per heavy atom. The first-order valence-electron chi connectivity index (χ1n) is 4.72. The molecule has 2 N–H and O–H groups in total. The number of hydrogen-bond acceptors (Lipinski definition) is 3. The minimum absolute atomic E-state index is 0.449. The SMILES string of the molecule is CCc1ccc(-c2onc(N)c2I)cc1. The zero-order chi connectivity index (χ0) is 10.8. The molecular weight excluding hydrogens is 303 g/mol. The van der Waals surface area contributed by atoms with Crippen molar-refractivity contribution < 1.29 is 4.52 Å². The molecule has 0 bridgehead atoms. The van der Waals surface area contributed by atoms with Crippen molar-refractivity contribution in [2.24, 2.45) is 0 Å². The maximum absolute atomic E-state index is 5.62. The van der Waals surface area contributed by atoms with Gasteiger partial charge in [0.15, 0.2) is 11.6 Å². The van der Waals surface area contributed by atoms with E-state index in [1.54, 1.807) is 0 Å². The van der Waals surface area contributed by atoms with Crippen LogP contribution in [-0.4, -0.2) is 5.16 Å². The van der Waals surface area contributed by atoms with Gasteiger partial charge in [0.2, 0.25) is 0 Å². The molecule has 0 unspecified atom stereocenters. The standard InChI is InChI=1S/C11H11IN2O/c1-2-7-3-5-8(6-4-7)10-9(12)11(13)14-15-10/h3-6H,2H2,1H3,(H2,13,14). The second kappa shape index (κ2) is 4.22. The molecule has 0 spiro atoms. The highest BCUT2D eigenvalue weighted by Gasteiger charge is 2.12. The largest absolute Gasteiger partial charge is 0.380 e. The van der Waals surface area contributed by atoms with Crippen molar-refractivity contribution in [2.45, 2.75) is 13.3 Å². The molecule has 2 aromatic rings. The third-order valence-electron chi connectivity index (χ3n) is 2.28. The molecule has 4 heteroatoms. The van der Waals surface area contributed by atoms with Crippen molar-refractivity contribution in [1.29, 1.82) is 0 Å². The molecule has 2 rings (SSSR count). The fraction of sp³-hybridized carbons (Fsp3) is 0.182. The lowest BCUT2D eigenvalue weighted by Crippen LogP contribution is -1.86. The summed E-state index contributed by atoms with van der Waals surface area (Å²) in [6.45, 7) is 2.13. The van der Waals surface area contributed by atoms with E-state index in [1.807, 2.05) is 12.1 Å². The van der Waals surface area contributed by atoms with Crippen LogP contribution in [0.25, 0.3) is 11.3 Å². The molecule has 0 saturated carbocycles. The van der Waals surface area contributed by atoms with E-state index in [2.05, 4.69) is 46.8 Å². The van der Waals surface area contributed by atoms with E-state index in [0.29, 0.717) is 5.82 Å². The highest BCUT2D eigenvalue weighted by molar-refractivity contribution is 14.1. The highest BCUT2D eigenvalue weighted by Crippen LogP contribution is 2.28. The Kier molecular flexibility index (Phi) is 2.95. The molecule has 0 aliphatic rings. The van der Waals surface area contributed by atoms with Gasteiger partial charge in [0.05, 0.1) is 0 Å². The lowest BCUT2D eigenvalue weighted by Gasteiger charge is -1.99. The Balaban J connectivity index is 2.41. The number of nitrogens with two attached hydrogens (primary N) is 1. The number of aryl methyl sites for hydroxylation is 1. The van der Waals surface area contributed by atoms with Crippen LogP contribution in [0.2, 0.25) is 0 Å². The molecule has 0 aliphatic carbocycles. The van der Waals surface area contributed by atoms with E-state index in [9.17, 15) is 0 Å². The molecule has 15 heavy (non-hydrogen) atoms. The summed E-state index contributed by atoms with van der Waals surface area (Å²) in [6.07, 6.45) is 1.04. The number of anilines is 1. The van der Waals surface area contributed by atoms with Crippen LogP contribution in [0, 0.1) is 3.57 Å². The van der Waals surface area contributed by atoms with Gasteiger partial charge in [-0.1, -0.05) is 36.3 Å². The van der Waals surface area contributed by atoms with Crippen LogP contribution >= 0.6 is 22.6 Å². The van der Waals surface area contributed by atoms with Crippen molar-refractivity contribution in [2.75, 3.05) is 5.73 Å². The molecule has 3 nitrogen and oxygen atoms in total. The van der Waals surface area contributed by atoms with E-state index < -0.39 is 0 Å². The van der Waals surface area contributed by atoms with Crippen molar-refractivity contribution in [3.8, 4) is 11.3 Å². The van der Waals surface area contributed by atoms with E-state index >= 15 is 0 Å². The molecule has 1 aromatic carbocycles. The lowest BCUT2D eigenvalue weighted by atomic mass is 10.1. The van der Waals surface area contributed by atoms with Gasteiger partial charge < -0.3 is 10.3 Å². The van der Waals surface area contributed by atoms with E-state index in [-0.39, 0.29) is 0 Å². The Morgan fingerprint density at radius 2 is 2.00 bits per heavy atom. The monoisotopic (exact) mass is 314 g/mol. The Hall–Kier alpha value is -1.04. The average Bonchev–Trinajstić information content (AvgIpc) is 2.60. The number of nitrogens with zero attached hydrogens (tertiary/aromatic N) is 1. The summed E-state index contributed by atoms with van der Waals surface area (Å²) in [5, 5.41) is 3.73. The summed E-state index contributed by atoms with van der Waals surface area (Å²) in [5.41, 5.74) is 7.94. The van der Waals surface area contributed by atoms with E-state index in [4.69, 9.17) is 10.3 Å². The molecule has 1 heterocycles. The fourth-order valence-corrected chi connectivity index (χ4v) is 1.87. The van der Waals surface area contributed by atoms with Crippen LogP contribution < -0.4 is 5.73 Å². The van der Waals surface area contributed by atoms with Gasteiger partial charge in [0, 0.05) is 5.56 Å². The quantitative estimate of drug-likeness (QED) is 0.867. The van der Waals surface area contributed by atoms with Crippen LogP contribution in [0.1, 0.15) is 12.5 Å². The second-order valence-electron chi connectivity index (χ2n) is 3.26. The van der Waals surface area contributed by atoms with Gasteiger partial charge in [0.25, 0.3) is 0 Å². The zero-order valence-electron chi connectivity index (χ0n) is 8.33. The van der Waals surface area contributed by atoms with Gasteiger partial charge in [-0.25, -0.2) is 0 Å². The van der Waals surface area contributed by atoms with Gasteiger partial charge in [-0.15, -0.1) is 0 Å². The molecule has 0 radical (unpaired) electrons. The maximum atomic E-state index is 5.62. The van der Waals surface area contributed by atoms with Crippen LogP contribution in [0.3, 0.4) is 0 Å². The van der Waals surface area contributed by atoms with Crippen molar-refractivity contribution in [3.63, 3.8) is 0 Å². The van der Waals surface area contributed by atoms with Crippen molar-refractivity contribution in [3.05, 3.63) is 33.4 Å². The van der Waals surface area contributed by atoms with Gasteiger partial charge in [0.1, 0.15) is 3.57 Å². The fourth-order valence-electron chi connectivity index (χ4n) is 1.36. The Labute approximate surface area is 102 Å². The second-order valence-corrected chi connectivity index (χ2v) is 4.34. The summed E-state index contributed by atoms with van der Waals surface area (Å²) in [7, 11) is 0. The highest BCUT2D eigenvalue weighted by atomic mass is 127. The molecule has 0 atom stereocenters. The van der Waals surface area contributed by atoms with Gasteiger partial charge >= 0.3 is 0 Å². The summed E-state index contributed by atoms with van der Waals surface area (Å²) >= 11 is 2.14. The first-order valence-corrected chi connectivity index (χ1v) is 5.80. The normalized spacial score (nSPS) is 10.5.